The van der Waals surface area contributed by atoms with E-state index < -0.39 is 29.6 Å². The van der Waals surface area contributed by atoms with Gasteiger partial charge in [-0.05, 0) is 40.2 Å². The molecule has 1 N–H and O–H groups in total. The van der Waals surface area contributed by atoms with Crippen molar-refractivity contribution in [2.24, 2.45) is 0 Å². The van der Waals surface area contributed by atoms with E-state index in [1.54, 1.807) is 13.8 Å². The molecule has 0 spiro atoms. The summed E-state index contributed by atoms with van der Waals surface area (Å²) in [6, 6.07) is 8.80. The first kappa shape index (κ1) is 16.8. The molecule has 0 aromatic heterocycles. The molecule has 1 amide bonds. The van der Waals surface area contributed by atoms with Crippen LogP contribution in [0.15, 0.2) is 30.3 Å². The van der Waals surface area contributed by atoms with Crippen LogP contribution >= 0.6 is 0 Å². The smallest absolute Gasteiger partial charge is 0.413 e. The van der Waals surface area contributed by atoms with Crippen LogP contribution in [0.2, 0.25) is 0 Å². The quantitative estimate of drug-likeness (QED) is 0.912. The highest BCUT2D eigenvalue weighted by Crippen LogP contribution is 2.35. The zero-order chi connectivity index (χ0) is 16.5. The van der Waals surface area contributed by atoms with Crippen molar-refractivity contribution in [3.63, 3.8) is 0 Å². The van der Waals surface area contributed by atoms with Crippen LogP contribution in [0, 0.1) is 0 Å². The summed E-state index contributed by atoms with van der Waals surface area (Å²) < 4.78 is 11.2. The number of aliphatic hydroxyl groups is 1. The van der Waals surface area contributed by atoms with E-state index in [2.05, 4.69) is 0 Å². The third-order valence-electron chi connectivity index (χ3n) is 3.61. The van der Waals surface area contributed by atoms with Gasteiger partial charge in [0.1, 0.15) is 17.4 Å². The van der Waals surface area contributed by atoms with Crippen molar-refractivity contribution in [1.82, 2.24) is 4.90 Å². The maximum atomic E-state index is 12.5. The van der Waals surface area contributed by atoms with Crippen LogP contribution in [0.5, 0.6) is 0 Å². The number of hydrogen-bond acceptors (Lipinski definition) is 4. The standard InChI is InChI=1S/C17H25NO4/c1-16(2,3)22-15(20)18-13(11-21-17(18,4)5)14(19)12-9-7-6-8-10-12/h6-10,13-14,19H,11H2,1-5H3/t13-,14+/m1/s1. The number of nitrogens with zero attached hydrogens (tertiary/aromatic N) is 1. The third-order valence-corrected chi connectivity index (χ3v) is 3.61. The fourth-order valence-corrected chi connectivity index (χ4v) is 2.60. The topological polar surface area (TPSA) is 59.0 Å². The van der Waals surface area contributed by atoms with Crippen LogP contribution in [0.3, 0.4) is 0 Å². The van der Waals surface area contributed by atoms with E-state index in [1.165, 1.54) is 4.90 Å². The van der Waals surface area contributed by atoms with E-state index >= 15 is 0 Å². The predicted molar refractivity (Wildman–Crippen MR) is 83.3 cm³/mol. The Balaban J connectivity index is 2.25. The summed E-state index contributed by atoms with van der Waals surface area (Å²) in [6.45, 7) is 9.32. The normalized spacial score (nSPS) is 22.5. The lowest BCUT2D eigenvalue weighted by Crippen LogP contribution is -2.51. The van der Waals surface area contributed by atoms with Gasteiger partial charge in [-0.15, -0.1) is 0 Å². The fraction of sp³-hybridized carbons (Fsp3) is 0.588. The monoisotopic (exact) mass is 307 g/mol. The van der Waals surface area contributed by atoms with Crippen molar-refractivity contribution in [1.29, 1.82) is 0 Å². The number of ether oxygens (including phenoxy) is 2. The molecular formula is C17H25NO4. The molecule has 1 fully saturated rings. The van der Waals surface area contributed by atoms with Crippen LogP contribution in [-0.4, -0.2) is 40.1 Å². The number of aliphatic hydroxyl groups excluding tert-OH is 1. The first-order chi connectivity index (χ1) is 10.1. The molecule has 1 heterocycles. The Morgan fingerprint density at radius 1 is 1.36 bits per heavy atom. The van der Waals surface area contributed by atoms with E-state index in [9.17, 15) is 9.90 Å². The summed E-state index contributed by atoms with van der Waals surface area (Å²) in [7, 11) is 0. The second kappa shape index (κ2) is 5.89. The van der Waals surface area contributed by atoms with Gasteiger partial charge in [0.2, 0.25) is 0 Å². The van der Waals surface area contributed by atoms with Crippen molar-refractivity contribution in [3.05, 3.63) is 35.9 Å². The Kier molecular flexibility index (Phi) is 4.49. The lowest BCUT2D eigenvalue weighted by Gasteiger charge is -2.36. The van der Waals surface area contributed by atoms with Gasteiger partial charge in [-0.25, -0.2) is 4.79 Å². The molecule has 5 nitrogen and oxygen atoms in total. The van der Waals surface area contributed by atoms with E-state index in [0.717, 1.165) is 5.56 Å². The summed E-state index contributed by atoms with van der Waals surface area (Å²) in [5, 5.41) is 10.6. The lowest BCUT2D eigenvalue weighted by molar-refractivity contribution is -0.0679. The van der Waals surface area contributed by atoms with Crippen molar-refractivity contribution in [3.8, 4) is 0 Å². The van der Waals surface area contributed by atoms with Crippen molar-refractivity contribution in [2.45, 2.75) is 58.1 Å². The molecule has 122 valence electrons. The minimum Gasteiger partial charge on any atom is -0.444 e. The van der Waals surface area contributed by atoms with Gasteiger partial charge < -0.3 is 14.6 Å². The van der Waals surface area contributed by atoms with Crippen molar-refractivity contribution >= 4 is 6.09 Å². The molecule has 0 aliphatic carbocycles. The van der Waals surface area contributed by atoms with Gasteiger partial charge >= 0.3 is 6.09 Å². The van der Waals surface area contributed by atoms with E-state index in [4.69, 9.17) is 9.47 Å². The molecule has 5 heteroatoms. The molecule has 2 atom stereocenters. The molecule has 0 radical (unpaired) electrons. The maximum Gasteiger partial charge on any atom is 0.413 e. The Hall–Kier alpha value is -1.59. The van der Waals surface area contributed by atoms with E-state index in [0.29, 0.717) is 0 Å². The van der Waals surface area contributed by atoms with Gasteiger partial charge in [-0.2, -0.15) is 0 Å². The average Bonchev–Trinajstić information content (AvgIpc) is 2.72. The Bertz CT molecular complexity index is 521. The van der Waals surface area contributed by atoms with Crippen molar-refractivity contribution in [2.75, 3.05) is 6.61 Å². The van der Waals surface area contributed by atoms with Crippen LogP contribution in [0.25, 0.3) is 0 Å². The number of rotatable bonds is 2. The summed E-state index contributed by atoms with van der Waals surface area (Å²) >= 11 is 0. The minimum atomic E-state index is -0.824. The highest BCUT2D eigenvalue weighted by Gasteiger charge is 2.48. The highest BCUT2D eigenvalue weighted by molar-refractivity contribution is 5.70. The number of amides is 1. The van der Waals surface area contributed by atoms with Gasteiger partial charge in [-0.1, -0.05) is 30.3 Å². The van der Waals surface area contributed by atoms with Crippen LogP contribution < -0.4 is 0 Å². The summed E-state index contributed by atoms with van der Waals surface area (Å²) in [6.07, 6.45) is -1.30. The molecule has 1 aromatic carbocycles. The van der Waals surface area contributed by atoms with Crippen LogP contribution in [-0.2, 0) is 9.47 Å². The Morgan fingerprint density at radius 3 is 2.50 bits per heavy atom. The average molecular weight is 307 g/mol. The first-order valence-corrected chi connectivity index (χ1v) is 7.51. The minimum absolute atomic E-state index is 0.266. The number of carbonyl (C=O) groups is 1. The first-order valence-electron chi connectivity index (χ1n) is 7.51. The largest absolute Gasteiger partial charge is 0.444 e. The molecule has 1 aliphatic rings. The molecular weight excluding hydrogens is 282 g/mol. The van der Waals surface area contributed by atoms with Crippen LogP contribution in [0.4, 0.5) is 4.79 Å². The van der Waals surface area contributed by atoms with Crippen molar-refractivity contribution < 1.29 is 19.4 Å². The summed E-state index contributed by atoms with van der Waals surface area (Å²) in [4.78, 5) is 14.0. The van der Waals surface area contributed by atoms with Gasteiger partial charge in [0, 0.05) is 0 Å². The molecule has 1 aromatic rings. The molecule has 0 unspecified atom stereocenters. The molecule has 1 aliphatic heterocycles. The molecule has 0 saturated carbocycles. The van der Waals surface area contributed by atoms with Crippen LogP contribution in [0.1, 0.15) is 46.3 Å². The molecule has 0 bridgehead atoms. The molecule has 22 heavy (non-hydrogen) atoms. The highest BCUT2D eigenvalue weighted by atomic mass is 16.6. The maximum absolute atomic E-state index is 12.5. The zero-order valence-electron chi connectivity index (χ0n) is 13.9. The van der Waals surface area contributed by atoms with Gasteiger partial charge in [0.05, 0.1) is 12.6 Å². The summed E-state index contributed by atoms with van der Waals surface area (Å²) in [5.74, 6) is 0. The SMILES string of the molecule is CC(C)(C)OC(=O)N1[C@@H]([C@@H](O)c2ccccc2)COC1(C)C. The van der Waals surface area contributed by atoms with Gasteiger partial charge in [-0.3, -0.25) is 4.90 Å². The fourth-order valence-electron chi connectivity index (χ4n) is 2.60. The predicted octanol–water partition coefficient (Wildman–Crippen LogP) is 3.09. The Labute approximate surface area is 131 Å². The molecule has 2 rings (SSSR count). The number of carbonyl (C=O) groups excluding carboxylic acids is 1. The molecule has 1 saturated heterocycles. The number of hydrogen-bond donors (Lipinski definition) is 1. The Morgan fingerprint density at radius 2 is 1.95 bits per heavy atom. The second-order valence-electron chi connectivity index (χ2n) is 7.03. The van der Waals surface area contributed by atoms with Gasteiger partial charge in [0.15, 0.2) is 0 Å². The summed E-state index contributed by atoms with van der Waals surface area (Å²) in [5.41, 5.74) is -0.664. The third kappa shape index (κ3) is 3.59. The van der Waals surface area contributed by atoms with E-state index in [-0.39, 0.29) is 6.61 Å². The number of benzene rings is 1. The lowest BCUT2D eigenvalue weighted by atomic mass is 10.0. The zero-order valence-corrected chi connectivity index (χ0v) is 13.9. The van der Waals surface area contributed by atoms with E-state index in [1.807, 2.05) is 51.1 Å². The second-order valence-corrected chi connectivity index (χ2v) is 7.03. The van der Waals surface area contributed by atoms with Gasteiger partial charge in [0.25, 0.3) is 0 Å².